The van der Waals surface area contributed by atoms with Crippen molar-refractivity contribution in [2.75, 3.05) is 31.6 Å². The molecule has 3 aliphatic rings. The standard InChI is InChI=1S/C21H25N5O3S/c1-11-17(12(2)23-22-11)20(29)25-7-6-14-15(9-25)30-21-18(14)19(28)24(3)10-16(27)26(21)8-13-4-5-13/h13H,4-10H2,1-3H3,(H,22,23). The maximum Gasteiger partial charge on any atom is 0.257 e. The van der Waals surface area contributed by atoms with E-state index in [-0.39, 0.29) is 24.3 Å². The Morgan fingerprint density at radius 3 is 2.67 bits per heavy atom. The fraction of sp³-hybridized carbons (Fsp3) is 0.524. The molecule has 4 heterocycles. The first-order chi connectivity index (χ1) is 14.3. The van der Waals surface area contributed by atoms with Crippen molar-refractivity contribution in [3.8, 4) is 0 Å². The third-order valence-electron chi connectivity index (χ3n) is 6.28. The molecule has 2 aromatic heterocycles. The molecule has 0 saturated heterocycles. The average molecular weight is 428 g/mol. The van der Waals surface area contributed by atoms with Crippen LogP contribution in [0.3, 0.4) is 0 Å². The number of thiophene rings is 1. The van der Waals surface area contributed by atoms with Gasteiger partial charge in [-0.1, -0.05) is 0 Å². The second-order valence-corrected chi connectivity index (χ2v) is 9.66. The second kappa shape index (κ2) is 6.94. The lowest BCUT2D eigenvalue weighted by Crippen LogP contribution is -2.39. The highest BCUT2D eigenvalue weighted by atomic mass is 32.1. The van der Waals surface area contributed by atoms with Gasteiger partial charge in [0, 0.05) is 30.7 Å². The van der Waals surface area contributed by atoms with Crippen molar-refractivity contribution >= 4 is 34.1 Å². The maximum absolute atomic E-state index is 13.1. The van der Waals surface area contributed by atoms with Gasteiger partial charge in [-0.15, -0.1) is 11.3 Å². The van der Waals surface area contributed by atoms with E-state index >= 15 is 0 Å². The number of H-pyrrole nitrogens is 1. The molecule has 2 aliphatic heterocycles. The summed E-state index contributed by atoms with van der Waals surface area (Å²) in [5.41, 5.74) is 3.77. The lowest BCUT2D eigenvalue weighted by molar-refractivity contribution is -0.119. The molecule has 0 unspecified atom stereocenters. The first-order valence-corrected chi connectivity index (χ1v) is 11.2. The fourth-order valence-electron chi connectivity index (χ4n) is 4.40. The van der Waals surface area contributed by atoms with Crippen molar-refractivity contribution in [2.24, 2.45) is 5.92 Å². The molecule has 1 fully saturated rings. The molecule has 0 bridgehead atoms. The van der Waals surface area contributed by atoms with Crippen molar-refractivity contribution in [1.29, 1.82) is 0 Å². The number of aromatic amines is 1. The molecule has 3 amide bonds. The highest BCUT2D eigenvalue weighted by Crippen LogP contribution is 2.43. The van der Waals surface area contributed by atoms with Crippen LogP contribution in [0.25, 0.3) is 0 Å². The van der Waals surface area contributed by atoms with Gasteiger partial charge < -0.3 is 14.7 Å². The topological polar surface area (TPSA) is 89.6 Å². The van der Waals surface area contributed by atoms with Crippen LogP contribution in [0.1, 0.15) is 55.4 Å². The monoisotopic (exact) mass is 427 g/mol. The Bertz CT molecular complexity index is 1050. The smallest absolute Gasteiger partial charge is 0.257 e. The summed E-state index contributed by atoms with van der Waals surface area (Å²) in [5.74, 6) is 0.384. The summed E-state index contributed by atoms with van der Waals surface area (Å²) in [4.78, 5) is 45.3. The van der Waals surface area contributed by atoms with Crippen LogP contribution in [-0.4, -0.2) is 64.4 Å². The zero-order valence-electron chi connectivity index (χ0n) is 17.4. The molecule has 1 saturated carbocycles. The Morgan fingerprint density at radius 1 is 1.23 bits per heavy atom. The van der Waals surface area contributed by atoms with Gasteiger partial charge in [-0.2, -0.15) is 5.10 Å². The summed E-state index contributed by atoms with van der Waals surface area (Å²) < 4.78 is 0. The van der Waals surface area contributed by atoms with Crippen molar-refractivity contribution in [1.82, 2.24) is 20.0 Å². The van der Waals surface area contributed by atoms with Crippen molar-refractivity contribution in [3.63, 3.8) is 0 Å². The number of hydrogen-bond acceptors (Lipinski definition) is 5. The molecule has 2 aromatic rings. The fourth-order valence-corrected chi connectivity index (χ4v) is 5.78. The summed E-state index contributed by atoms with van der Waals surface area (Å²) >= 11 is 1.51. The zero-order valence-corrected chi connectivity index (χ0v) is 18.3. The summed E-state index contributed by atoms with van der Waals surface area (Å²) in [6.07, 6.45) is 2.90. The Morgan fingerprint density at radius 2 is 2.00 bits per heavy atom. The zero-order chi connectivity index (χ0) is 21.2. The molecule has 158 valence electrons. The molecular weight excluding hydrogens is 402 g/mol. The minimum absolute atomic E-state index is 0.0207. The summed E-state index contributed by atoms with van der Waals surface area (Å²) in [6.45, 7) is 5.49. The third kappa shape index (κ3) is 3.03. The first kappa shape index (κ1) is 19.3. The molecule has 1 aliphatic carbocycles. The van der Waals surface area contributed by atoms with Gasteiger partial charge >= 0.3 is 0 Å². The van der Waals surface area contributed by atoms with Crippen molar-refractivity contribution in [3.05, 3.63) is 33.0 Å². The van der Waals surface area contributed by atoms with Gasteiger partial charge in [0.2, 0.25) is 5.91 Å². The number of anilines is 1. The molecular formula is C21H25N5O3S. The van der Waals surface area contributed by atoms with Gasteiger partial charge in [-0.25, -0.2) is 0 Å². The number of amides is 3. The van der Waals surface area contributed by atoms with E-state index in [2.05, 4.69) is 10.2 Å². The number of aromatic nitrogens is 2. The summed E-state index contributed by atoms with van der Waals surface area (Å²) in [6, 6.07) is 0. The van der Waals surface area contributed by atoms with E-state index in [1.807, 2.05) is 23.6 Å². The molecule has 0 radical (unpaired) electrons. The van der Waals surface area contributed by atoms with E-state index in [9.17, 15) is 14.4 Å². The molecule has 1 N–H and O–H groups in total. The Balaban J connectivity index is 1.51. The number of nitrogens with one attached hydrogen (secondary N) is 1. The molecule has 30 heavy (non-hydrogen) atoms. The van der Waals surface area contributed by atoms with Crippen LogP contribution in [0, 0.1) is 19.8 Å². The molecule has 0 aromatic carbocycles. The van der Waals surface area contributed by atoms with Gasteiger partial charge in [-0.3, -0.25) is 19.5 Å². The van der Waals surface area contributed by atoms with Crippen LogP contribution in [0.4, 0.5) is 5.00 Å². The van der Waals surface area contributed by atoms with E-state index in [4.69, 9.17) is 0 Å². The van der Waals surface area contributed by atoms with E-state index in [1.165, 1.54) is 16.2 Å². The van der Waals surface area contributed by atoms with Gasteiger partial charge in [0.05, 0.1) is 23.4 Å². The third-order valence-corrected chi connectivity index (χ3v) is 7.52. The number of nitrogens with zero attached hydrogens (tertiary/aromatic N) is 4. The van der Waals surface area contributed by atoms with E-state index in [1.54, 1.807) is 7.05 Å². The Hall–Kier alpha value is -2.68. The average Bonchev–Trinajstić information content (AvgIpc) is 3.39. The van der Waals surface area contributed by atoms with Crippen LogP contribution in [0.5, 0.6) is 0 Å². The molecule has 0 atom stereocenters. The molecule has 9 heteroatoms. The number of fused-ring (bicyclic) bond motifs is 3. The van der Waals surface area contributed by atoms with Crippen molar-refractivity contribution in [2.45, 2.75) is 39.7 Å². The van der Waals surface area contributed by atoms with Crippen LogP contribution in [0.15, 0.2) is 0 Å². The number of hydrogen-bond donors (Lipinski definition) is 1. The van der Waals surface area contributed by atoms with E-state index < -0.39 is 0 Å². The van der Waals surface area contributed by atoms with E-state index in [0.29, 0.717) is 48.8 Å². The predicted molar refractivity (Wildman–Crippen MR) is 113 cm³/mol. The number of likely N-dealkylation sites (N-methyl/N-ethyl adjacent to an activating group) is 1. The number of aryl methyl sites for hydroxylation is 2. The Kier molecular flexibility index (Phi) is 4.46. The maximum atomic E-state index is 13.1. The van der Waals surface area contributed by atoms with Gasteiger partial charge in [0.15, 0.2) is 0 Å². The normalized spacial score (nSPS) is 19.1. The van der Waals surface area contributed by atoms with Gasteiger partial charge in [-0.05, 0) is 44.6 Å². The molecule has 5 rings (SSSR count). The summed E-state index contributed by atoms with van der Waals surface area (Å²) in [7, 11) is 1.69. The largest absolute Gasteiger partial charge is 0.333 e. The first-order valence-electron chi connectivity index (χ1n) is 10.4. The highest BCUT2D eigenvalue weighted by Gasteiger charge is 2.39. The SMILES string of the molecule is Cc1n[nH]c(C)c1C(=O)N1CCc2c(sc3c2C(=O)N(C)CC(=O)N3CC2CC2)C1. The quantitative estimate of drug-likeness (QED) is 0.813. The van der Waals surface area contributed by atoms with Crippen LogP contribution >= 0.6 is 11.3 Å². The van der Waals surface area contributed by atoms with E-state index in [0.717, 1.165) is 34.0 Å². The van der Waals surface area contributed by atoms with Crippen LogP contribution in [-0.2, 0) is 17.8 Å². The lowest BCUT2D eigenvalue weighted by Gasteiger charge is -2.27. The number of rotatable bonds is 3. The lowest BCUT2D eigenvalue weighted by atomic mass is 10.0. The minimum Gasteiger partial charge on any atom is -0.333 e. The number of carbonyl (C=O) groups excluding carboxylic acids is 3. The molecule has 8 nitrogen and oxygen atoms in total. The van der Waals surface area contributed by atoms with Crippen LogP contribution < -0.4 is 4.90 Å². The highest BCUT2D eigenvalue weighted by molar-refractivity contribution is 7.17. The Labute approximate surface area is 178 Å². The molecule has 0 spiro atoms. The summed E-state index contributed by atoms with van der Waals surface area (Å²) in [5, 5.41) is 7.80. The van der Waals surface area contributed by atoms with Gasteiger partial charge in [0.1, 0.15) is 11.5 Å². The van der Waals surface area contributed by atoms with Crippen molar-refractivity contribution < 1.29 is 14.4 Å². The number of carbonyl (C=O) groups is 3. The minimum atomic E-state index is -0.0875. The predicted octanol–water partition coefficient (Wildman–Crippen LogP) is 2.12. The second-order valence-electron chi connectivity index (χ2n) is 8.58. The van der Waals surface area contributed by atoms with Crippen LogP contribution in [0.2, 0.25) is 0 Å². The van der Waals surface area contributed by atoms with Gasteiger partial charge in [0.25, 0.3) is 11.8 Å².